The second kappa shape index (κ2) is 8.61. The van der Waals surface area contributed by atoms with Gasteiger partial charge in [-0.1, -0.05) is 24.6 Å². The molecule has 32 heavy (non-hydrogen) atoms. The number of carbonyl (C=O) groups excluding carboxylic acids is 1. The lowest BCUT2D eigenvalue weighted by Crippen LogP contribution is -2.50. The number of carbonyl (C=O) groups is 1. The van der Waals surface area contributed by atoms with Crippen LogP contribution in [-0.4, -0.2) is 49.1 Å². The Kier molecular flexibility index (Phi) is 5.96. The van der Waals surface area contributed by atoms with Gasteiger partial charge >= 0.3 is 0 Å². The van der Waals surface area contributed by atoms with Gasteiger partial charge in [0, 0.05) is 13.0 Å². The molecular weight excluding hydrogens is 398 g/mol. The molecule has 0 amide bonds. The van der Waals surface area contributed by atoms with Gasteiger partial charge in [-0.05, 0) is 111 Å². The summed E-state index contributed by atoms with van der Waals surface area (Å²) in [6, 6.07) is 8.77. The third-order valence-electron chi connectivity index (χ3n) is 9.41. The third-order valence-corrected chi connectivity index (χ3v) is 9.41. The molecule has 0 aromatic heterocycles. The monoisotopic (exact) mass is 437 g/mol. The van der Waals surface area contributed by atoms with Crippen molar-refractivity contribution >= 4 is 5.78 Å². The SMILES string of the molecule is CN(C)CCOc1ccc([C@H]2CC3=CC(=O)CC[C@@H]3[C@H]3CC[C@]4(C)[C@@H](O)CC[C@H]4[C@@H]32)cc1. The highest BCUT2D eigenvalue weighted by Gasteiger charge is 2.58. The molecule has 0 spiro atoms. The van der Waals surface area contributed by atoms with E-state index in [4.69, 9.17) is 4.74 Å². The fourth-order valence-corrected chi connectivity index (χ4v) is 7.70. The highest BCUT2D eigenvalue weighted by molar-refractivity contribution is 5.91. The van der Waals surface area contributed by atoms with Crippen molar-refractivity contribution in [1.29, 1.82) is 0 Å². The standard InChI is InChI=1S/C28H39NO3/c1-28-13-12-23-22-9-6-20(30)16-19(22)17-24(27(23)25(28)10-11-26(28)31)18-4-7-21(8-5-18)32-15-14-29(2)3/h4-5,7-8,16,22-27,31H,6,9-15,17H2,1-3H3/t22-,23+,24+,25-,26-,27-,28-/m0/s1. The number of benzene rings is 1. The van der Waals surface area contributed by atoms with E-state index in [1.807, 2.05) is 6.08 Å². The summed E-state index contributed by atoms with van der Waals surface area (Å²) >= 11 is 0. The first kappa shape index (κ1) is 22.2. The number of nitrogens with zero attached hydrogens (tertiary/aromatic N) is 1. The molecule has 7 atom stereocenters. The van der Waals surface area contributed by atoms with Crippen molar-refractivity contribution in [2.24, 2.45) is 29.1 Å². The average Bonchev–Trinajstić information content (AvgIpc) is 3.07. The molecule has 0 radical (unpaired) electrons. The van der Waals surface area contributed by atoms with E-state index in [1.165, 1.54) is 17.6 Å². The summed E-state index contributed by atoms with van der Waals surface area (Å²) in [5, 5.41) is 10.9. The van der Waals surface area contributed by atoms with E-state index in [1.54, 1.807) is 0 Å². The average molecular weight is 438 g/mol. The summed E-state index contributed by atoms with van der Waals surface area (Å²) in [6.45, 7) is 3.94. The Morgan fingerprint density at radius 2 is 1.88 bits per heavy atom. The summed E-state index contributed by atoms with van der Waals surface area (Å²) in [7, 11) is 4.11. The Balaban J connectivity index is 1.45. The number of likely N-dealkylation sites (N-methyl/N-ethyl adjacent to an activating group) is 1. The Morgan fingerprint density at radius 1 is 1.09 bits per heavy atom. The van der Waals surface area contributed by atoms with Crippen LogP contribution in [0.25, 0.3) is 0 Å². The molecule has 0 heterocycles. The molecule has 3 fully saturated rings. The lowest BCUT2D eigenvalue weighted by atomic mass is 9.48. The number of ketones is 1. The molecule has 1 aromatic carbocycles. The quantitative estimate of drug-likeness (QED) is 0.717. The van der Waals surface area contributed by atoms with Gasteiger partial charge in [-0.3, -0.25) is 4.79 Å². The topological polar surface area (TPSA) is 49.8 Å². The van der Waals surface area contributed by atoms with Crippen LogP contribution < -0.4 is 4.74 Å². The number of aliphatic hydroxyl groups excluding tert-OH is 1. The van der Waals surface area contributed by atoms with E-state index in [9.17, 15) is 9.90 Å². The molecule has 0 bridgehead atoms. The Bertz CT molecular complexity index is 875. The lowest BCUT2D eigenvalue weighted by Gasteiger charge is -2.56. The van der Waals surface area contributed by atoms with Crippen LogP contribution in [0.15, 0.2) is 35.9 Å². The zero-order valence-electron chi connectivity index (χ0n) is 19.9. The molecule has 3 saturated carbocycles. The van der Waals surface area contributed by atoms with Crippen LogP contribution in [-0.2, 0) is 4.79 Å². The normalized spacial score (nSPS) is 38.7. The molecule has 4 nitrogen and oxygen atoms in total. The predicted octanol–water partition coefficient (Wildman–Crippen LogP) is 4.82. The van der Waals surface area contributed by atoms with Crippen molar-refractivity contribution in [1.82, 2.24) is 4.90 Å². The van der Waals surface area contributed by atoms with Crippen LogP contribution in [0.1, 0.15) is 63.4 Å². The Hall–Kier alpha value is -1.65. The summed E-state index contributed by atoms with van der Waals surface area (Å²) in [6.07, 6.45) is 8.99. The predicted molar refractivity (Wildman–Crippen MR) is 127 cm³/mol. The van der Waals surface area contributed by atoms with Crippen LogP contribution >= 0.6 is 0 Å². The van der Waals surface area contributed by atoms with Crippen molar-refractivity contribution in [2.75, 3.05) is 27.2 Å². The number of hydrogen-bond acceptors (Lipinski definition) is 4. The number of aliphatic hydroxyl groups is 1. The second-order valence-corrected chi connectivity index (χ2v) is 11.3. The molecule has 5 rings (SSSR count). The van der Waals surface area contributed by atoms with Gasteiger partial charge in [0.1, 0.15) is 12.4 Å². The molecule has 4 aliphatic rings. The van der Waals surface area contributed by atoms with E-state index < -0.39 is 0 Å². The maximum atomic E-state index is 12.3. The summed E-state index contributed by atoms with van der Waals surface area (Å²) < 4.78 is 5.93. The van der Waals surface area contributed by atoms with E-state index in [0.29, 0.717) is 48.4 Å². The van der Waals surface area contributed by atoms with E-state index >= 15 is 0 Å². The minimum Gasteiger partial charge on any atom is -0.492 e. The zero-order valence-corrected chi connectivity index (χ0v) is 19.9. The molecule has 4 aliphatic carbocycles. The van der Waals surface area contributed by atoms with Gasteiger partial charge in [0.15, 0.2) is 5.78 Å². The van der Waals surface area contributed by atoms with Gasteiger partial charge in [0.2, 0.25) is 0 Å². The van der Waals surface area contributed by atoms with Crippen LogP contribution in [0.2, 0.25) is 0 Å². The Labute approximate surface area is 193 Å². The molecule has 0 unspecified atom stereocenters. The van der Waals surface area contributed by atoms with Crippen LogP contribution in [0.4, 0.5) is 0 Å². The first-order valence-corrected chi connectivity index (χ1v) is 12.7. The molecule has 4 heteroatoms. The first-order chi connectivity index (χ1) is 15.4. The third kappa shape index (κ3) is 3.84. The van der Waals surface area contributed by atoms with Gasteiger partial charge < -0.3 is 14.7 Å². The number of rotatable bonds is 5. The van der Waals surface area contributed by atoms with E-state index in [-0.39, 0.29) is 11.5 Å². The van der Waals surface area contributed by atoms with Crippen molar-refractivity contribution in [3.05, 3.63) is 41.5 Å². The van der Waals surface area contributed by atoms with E-state index in [2.05, 4.69) is 50.2 Å². The van der Waals surface area contributed by atoms with Crippen molar-refractivity contribution in [2.45, 2.75) is 63.9 Å². The maximum Gasteiger partial charge on any atom is 0.155 e. The number of hydrogen-bond donors (Lipinski definition) is 1. The molecule has 1 aromatic rings. The Morgan fingerprint density at radius 3 is 2.62 bits per heavy atom. The maximum absolute atomic E-state index is 12.3. The zero-order chi connectivity index (χ0) is 22.5. The molecular formula is C28H39NO3. The number of ether oxygens (including phenoxy) is 1. The molecule has 0 aliphatic heterocycles. The highest BCUT2D eigenvalue weighted by Crippen LogP contribution is 2.64. The van der Waals surface area contributed by atoms with Crippen LogP contribution in [0.5, 0.6) is 5.75 Å². The smallest absolute Gasteiger partial charge is 0.155 e. The minimum absolute atomic E-state index is 0.0559. The molecule has 174 valence electrons. The van der Waals surface area contributed by atoms with E-state index in [0.717, 1.165) is 44.4 Å². The van der Waals surface area contributed by atoms with Crippen molar-refractivity contribution < 1.29 is 14.6 Å². The van der Waals surface area contributed by atoms with Crippen LogP contribution in [0.3, 0.4) is 0 Å². The number of fused-ring (bicyclic) bond motifs is 5. The largest absolute Gasteiger partial charge is 0.492 e. The number of allylic oxidation sites excluding steroid dienone is 1. The summed E-state index contributed by atoms with van der Waals surface area (Å²) in [5.41, 5.74) is 2.84. The first-order valence-electron chi connectivity index (χ1n) is 12.7. The van der Waals surface area contributed by atoms with Crippen molar-refractivity contribution in [3.8, 4) is 5.75 Å². The van der Waals surface area contributed by atoms with Crippen molar-refractivity contribution in [3.63, 3.8) is 0 Å². The van der Waals surface area contributed by atoms with Gasteiger partial charge in [0.25, 0.3) is 0 Å². The molecule has 0 saturated heterocycles. The lowest BCUT2D eigenvalue weighted by molar-refractivity contribution is -0.116. The van der Waals surface area contributed by atoms with Gasteiger partial charge in [-0.2, -0.15) is 0 Å². The van der Waals surface area contributed by atoms with Gasteiger partial charge in [0.05, 0.1) is 6.10 Å². The minimum atomic E-state index is -0.161. The molecule has 1 N–H and O–H groups in total. The van der Waals surface area contributed by atoms with Gasteiger partial charge in [-0.15, -0.1) is 0 Å². The highest BCUT2D eigenvalue weighted by atomic mass is 16.5. The fourth-order valence-electron chi connectivity index (χ4n) is 7.70. The van der Waals surface area contributed by atoms with Crippen LogP contribution in [0, 0.1) is 29.1 Å². The summed E-state index contributed by atoms with van der Waals surface area (Å²) in [5.74, 6) is 4.07. The fraction of sp³-hybridized carbons (Fsp3) is 0.679. The van der Waals surface area contributed by atoms with Gasteiger partial charge in [-0.25, -0.2) is 0 Å². The second-order valence-electron chi connectivity index (χ2n) is 11.3. The summed E-state index contributed by atoms with van der Waals surface area (Å²) in [4.78, 5) is 14.4.